The molecule has 0 unspecified atom stereocenters. The number of anilines is 3. The number of nitrogens with one attached hydrogen (secondary N) is 3. The van der Waals surface area contributed by atoms with Crippen molar-refractivity contribution in [2.45, 2.75) is 6.92 Å². The molecular formula is C25H25FN6O3. The fourth-order valence-electron chi connectivity index (χ4n) is 4.06. The molecule has 0 bridgehead atoms. The number of amides is 1. The summed E-state index contributed by atoms with van der Waals surface area (Å²) in [7, 11) is 1.50. The van der Waals surface area contributed by atoms with Gasteiger partial charge in [-0.3, -0.25) is 4.79 Å². The van der Waals surface area contributed by atoms with Crippen LogP contribution in [-0.2, 0) is 4.74 Å². The molecule has 3 N–H and O–H groups in total. The van der Waals surface area contributed by atoms with E-state index < -0.39 is 11.7 Å². The van der Waals surface area contributed by atoms with Crippen LogP contribution in [0, 0.1) is 12.7 Å². The number of fused-ring (bicyclic) bond motifs is 1. The van der Waals surface area contributed by atoms with Gasteiger partial charge in [0.15, 0.2) is 17.4 Å². The van der Waals surface area contributed by atoms with Gasteiger partial charge in [0, 0.05) is 48.1 Å². The van der Waals surface area contributed by atoms with Crippen LogP contribution in [0.5, 0.6) is 11.6 Å². The lowest BCUT2D eigenvalue weighted by Gasteiger charge is -2.29. The number of rotatable bonds is 6. The molecule has 0 spiro atoms. The lowest BCUT2D eigenvalue weighted by Crippen LogP contribution is -2.36. The van der Waals surface area contributed by atoms with Crippen molar-refractivity contribution < 1.29 is 18.7 Å². The van der Waals surface area contributed by atoms with E-state index in [4.69, 9.17) is 9.47 Å². The zero-order valence-corrected chi connectivity index (χ0v) is 19.4. The van der Waals surface area contributed by atoms with Gasteiger partial charge in [0.05, 0.1) is 13.2 Å². The predicted octanol–water partition coefficient (Wildman–Crippen LogP) is 4.14. The van der Waals surface area contributed by atoms with Gasteiger partial charge in [0.2, 0.25) is 5.88 Å². The summed E-state index contributed by atoms with van der Waals surface area (Å²) < 4.78 is 26.3. The first kappa shape index (κ1) is 22.6. The minimum Gasteiger partial charge on any atom is -0.435 e. The quantitative estimate of drug-likeness (QED) is 0.384. The number of carbonyl (C=O) groups excluding carboxylic acids is 1. The highest BCUT2D eigenvalue weighted by atomic mass is 19.1. The molecule has 9 nitrogen and oxygen atoms in total. The Hall–Kier alpha value is -4.18. The largest absolute Gasteiger partial charge is 0.435 e. The average Bonchev–Trinajstić information content (AvgIpc) is 3.28. The molecule has 2 aromatic carbocycles. The maximum atomic E-state index is 15.1. The first-order valence-electron chi connectivity index (χ1n) is 11.3. The van der Waals surface area contributed by atoms with Gasteiger partial charge in [0.25, 0.3) is 5.91 Å². The highest BCUT2D eigenvalue weighted by Gasteiger charge is 2.22. The number of benzene rings is 2. The second-order valence-electron chi connectivity index (χ2n) is 8.15. The van der Waals surface area contributed by atoms with Crippen molar-refractivity contribution in [3.63, 3.8) is 0 Å². The monoisotopic (exact) mass is 476 g/mol. The fraction of sp³-hybridized carbons (Fsp3) is 0.240. The van der Waals surface area contributed by atoms with Gasteiger partial charge in [-0.1, -0.05) is 0 Å². The van der Waals surface area contributed by atoms with Crippen molar-refractivity contribution in [1.29, 1.82) is 0 Å². The Labute approximate surface area is 201 Å². The van der Waals surface area contributed by atoms with E-state index >= 15 is 4.39 Å². The lowest BCUT2D eigenvalue weighted by molar-refractivity contribution is 0.0960. The number of H-pyrrole nitrogens is 1. The third kappa shape index (κ3) is 4.60. The number of halogens is 1. The smallest absolute Gasteiger partial charge is 0.260 e. The third-order valence-electron chi connectivity index (χ3n) is 5.82. The topological polar surface area (TPSA) is 104 Å². The van der Waals surface area contributed by atoms with Crippen molar-refractivity contribution in [1.82, 2.24) is 20.3 Å². The zero-order valence-electron chi connectivity index (χ0n) is 19.4. The number of hydrogen-bond donors (Lipinski definition) is 3. The summed E-state index contributed by atoms with van der Waals surface area (Å²) in [4.78, 5) is 26.5. The summed E-state index contributed by atoms with van der Waals surface area (Å²) in [6.45, 7) is 4.93. The Morgan fingerprint density at radius 2 is 1.91 bits per heavy atom. The highest BCUT2D eigenvalue weighted by molar-refractivity contribution is 6.01. The van der Waals surface area contributed by atoms with E-state index in [1.165, 1.54) is 19.4 Å². The van der Waals surface area contributed by atoms with Crippen molar-refractivity contribution in [2.75, 3.05) is 43.6 Å². The Bertz CT molecular complexity index is 1370. The SMILES string of the molecule is CNC(=O)c1c(Nc2ccc(N3CCOCC3)cc2)ncnc1Oc1ccc2[nH]c(C)cc2c1F. The van der Waals surface area contributed by atoms with E-state index in [1.807, 2.05) is 31.2 Å². The van der Waals surface area contributed by atoms with Crippen LogP contribution in [0.15, 0.2) is 48.8 Å². The van der Waals surface area contributed by atoms with E-state index in [0.29, 0.717) is 24.1 Å². The van der Waals surface area contributed by atoms with Crippen LogP contribution in [-0.4, -0.2) is 54.2 Å². The van der Waals surface area contributed by atoms with E-state index in [9.17, 15) is 4.79 Å². The van der Waals surface area contributed by atoms with Gasteiger partial charge in [-0.15, -0.1) is 0 Å². The Morgan fingerprint density at radius 3 is 2.66 bits per heavy atom. The van der Waals surface area contributed by atoms with Crippen LogP contribution >= 0.6 is 0 Å². The number of carbonyl (C=O) groups is 1. The van der Waals surface area contributed by atoms with Crippen LogP contribution < -0.4 is 20.3 Å². The molecule has 10 heteroatoms. The molecule has 5 rings (SSSR count). The fourth-order valence-corrected chi connectivity index (χ4v) is 4.06. The Kier molecular flexibility index (Phi) is 6.19. The molecule has 1 amide bonds. The average molecular weight is 477 g/mol. The molecular weight excluding hydrogens is 451 g/mol. The molecule has 180 valence electrons. The molecule has 4 aromatic rings. The molecule has 1 aliphatic rings. The van der Waals surface area contributed by atoms with E-state index in [2.05, 4.69) is 30.5 Å². The minimum absolute atomic E-state index is 0.0406. The van der Waals surface area contributed by atoms with Gasteiger partial charge in [-0.25, -0.2) is 14.4 Å². The first-order chi connectivity index (χ1) is 17.0. The predicted molar refractivity (Wildman–Crippen MR) is 131 cm³/mol. The number of aromatic nitrogens is 3. The number of morpholine rings is 1. The van der Waals surface area contributed by atoms with Crippen LogP contribution in [0.25, 0.3) is 10.9 Å². The molecule has 0 aliphatic carbocycles. The van der Waals surface area contributed by atoms with Crippen LogP contribution in [0.1, 0.15) is 16.1 Å². The minimum atomic E-state index is -0.540. The van der Waals surface area contributed by atoms with Gasteiger partial charge in [0.1, 0.15) is 11.9 Å². The zero-order chi connectivity index (χ0) is 24.4. The van der Waals surface area contributed by atoms with Crippen LogP contribution in [0.4, 0.5) is 21.6 Å². The van der Waals surface area contributed by atoms with Gasteiger partial charge in [-0.2, -0.15) is 0 Å². The number of aryl methyl sites for hydroxylation is 1. The highest BCUT2D eigenvalue weighted by Crippen LogP contribution is 2.33. The molecule has 0 radical (unpaired) electrons. The van der Waals surface area contributed by atoms with E-state index in [-0.39, 0.29) is 23.0 Å². The molecule has 0 atom stereocenters. The van der Waals surface area contributed by atoms with Gasteiger partial charge < -0.3 is 30.0 Å². The van der Waals surface area contributed by atoms with Crippen LogP contribution in [0.3, 0.4) is 0 Å². The summed E-state index contributed by atoms with van der Waals surface area (Å²) in [6.07, 6.45) is 1.27. The maximum absolute atomic E-state index is 15.1. The van der Waals surface area contributed by atoms with Gasteiger partial charge in [-0.05, 0) is 49.4 Å². The molecule has 1 aliphatic heterocycles. The molecule has 1 saturated heterocycles. The standard InChI is InChI=1S/C25H25FN6O3/c1-15-13-18-19(30-15)7-8-20(22(18)26)35-25-21(24(33)27-2)23(28-14-29-25)31-16-3-5-17(6-4-16)32-9-11-34-12-10-32/h3-8,13-14,30H,9-12H2,1-2H3,(H,27,33)(H,28,29,31). The molecule has 3 heterocycles. The summed E-state index contributed by atoms with van der Waals surface area (Å²) in [5, 5.41) is 6.13. The Balaban J connectivity index is 1.44. The van der Waals surface area contributed by atoms with Crippen molar-refractivity contribution in [3.8, 4) is 11.6 Å². The maximum Gasteiger partial charge on any atom is 0.260 e. The first-order valence-corrected chi connectivity index (χ1v) is 11.3. The number of ether oxygens (including phenoxy) is 2. The van der Waals surface area contributed by atoms with Gasteiger partial charge >= 0.3 is 0 Å². The van der Waals surface area contributed by atoms with Crippen molar-refractivity contribution in [2.24, 2.45) is 0 Å². The summed E-state index contributed by atoms with van der Waals surface area (Å²) >= 11 is 0. The third-order valence-corrected chi connectivity index (χ3v) is 5.82. The molecule has 2 aromatic heterocycles. The van der Waals surface area contributed by atoms with Crippen molar-refractivity contribution >= 4 is 34.0 Å². The number of nitrogens with zero attached hydrogens (tertiary/aromatic N) is 3. The van der Waals surface area contributed by atoms with E-state index in [0.717, 1.165) is 30.2 Å². The van der Waals surface area contributed by atoms with Crippen molar-refractivity contribution in [3.05, 3.63) is 65.9 Å². The normalized spacial score (nSPS) is 13.6. The second-order valence-corrected chi connectivity index (χ2v) is 8.15. The Morgan fingerprint density at radius 1 is 1.14 bits per heavy atom. The molecule has 35 heavy (non-hydrogen) atoms. The molecule has 1 fully saturated rings. The number of hydrogen-bond acceptors (Lipinski definition) is 7. The summed E-state index contributed by atoms with van der Waals surface area (Å²) in [5.74, 6) is -0.862. The number of aromatic amines is 1. The second kappa shape index (κ2) is 9.59. The lowest BCUT2D eigenvalue weighted by atomic mass is 10.2. The summed E-state index contributed by atoms with van der Waals surface area (Å²) in [5.41, 5.74) is 3.37. The van der Waals surface area contributed by atoms with Crippen LogP contribution in [0.2, 0.25) is 0 Å². The molecule has 0 saturated carbocycles. The van der Waals surface area contributed by atoms with E-state index in [1.54, 1.807) is 12.1 Å². The summed E-state index contributed by atoms with van der Waals surface area (Å²) in [6, 6.07) is 12.7.